The van der Waals surface area contributed by atoms with Crippen molar-refractivity contribution in [2.24, 2.45) is 0 Å². The van der Waals surface area contributed by atoms with Crippen molar-refractivity contribution < 1.29 is 17.9 Å². The second-order valence-electron chi connectivity index (χ2n) is 4.93. The Morgan fingerprint density at radius 1 is 1.24 bits per heavy atom. The lowest BCUT2D eigenvalue weighted by molar-refractivity contribution is -0.137. The summed E-state index contributed by atoms with van der Waals surface area (Å²) in [6.45, 7) is 5.19. The van der Waals surface area contributed by atoms with Gasteiger partial charge in [-0.25, -0.2) is 0 Å². The summed E-state index contributed by atoms with van der Waals surface area (Å²) in [4.78, 5) is 2.03. The topological polar surface area (TPSA) is 38.5 Å². The van der Waals surface area contributed by atoms with Crippen LogP contribution >= 0.6 is 0 Å². The average molecular weight is 304 g/mol. The Morgan fingerprint density at radius 2 is 1.86 bits per heavy atom. The second kappa shape index (κ2) is 7.54. The number of hydrogen-bond acceptors (Lipinski definition) is 3. The predicted molar refractivity (Wildman–Crippen MR) is 79.4 cm³/mol. The van der Waals surface area contributed by atoms with Gasteiger partial charge in [-0.1, -0.05) is 13.8 Å². The fourth-order valence-corrected chi connectivity index (χ4v) is 2.41. The molecular formula is C15H23F3N2O. The molecule has 0 aliphatic rings. The molecule has 120 valence electrons. The Hall–Kier alpha value is -1.43. The van der Waals surface area contributed by atoms with Crippen LogP contribution in [0.5, 0.6) is 0 Å². The van der Waals surface area contributed by atoms with Gasteiger partial charge in [0.15, 0.2) is 0 Å². The van der Waals surface area contributed by atoms with Gasteiger partial charge in [-0.15, -0.1) is 0 Å². The summed E-state index contributed by atoms with van der Waals surface area (Å²) in [5.74, 6) is 0. The number of nitrogen functional groups attached to an aromatic ring is 1. The van der Waals surface area contributed by atoms with Crippen LogP contribution in [-0.4, -0.2) is 26.3 Å². The second-order valence-corrected chi connectivity index (χ2v) is 4.93. The number of benzene rings is 1. The summed E-state index contributed by atoms with van der Waals surface area (Å²) < 4.78 is 43.2. The van der Waals surface area contributed by atoms with Crippen LogP contribution in [0.25, 0.3) is 0 Å². The normalized spacial score (nSPS) is 12.0. The first-order chi connectivity index (χ1) is 9.85. The molecule has 0 spiro atoms. The van der Waals surface area contributed by atoms with Crippen molar-refractivity contribution in [1.82, 2.24) is 0 Å². The van der Waals surface area contributed by atoms with Crippen LogP contribution in [0.2, 0.25) is 0 Å². The molecule has 0 saturated heterocycles. The highest BCUT2D eigenvalue weighted by Gasteiger charge is 2.31. The van der Waals surface area contributed by atoms with Crippen LogP contribution in [0, 0.1) is 0 Å². The van der Waals surface area contributed by atoms with Gasteiger partial charge in [-0.3, -0.25) is 0 Å². The number of rotatable bonds is 7. The van der Waals surface area contributed by atoms with Gasteiger partial charge < -0.3 is 15.4 Å². The Balaban J connectivity index is 3.12. The van der Waals surface area contributed by atoms with Crippen molar-refractivity contribution in [2.45, 2.75) is 38.9 Å². The van der Waals surface area contributed by atoms with Gasteiger partial charge in [-0.2, -0.15) is 13.2 Å². The van der Waals surface area contributed by atoms with E-state index in [1.807, 2.05) is 18.7 Å². The largest absolute Gasteiger partial charge is 0.416 e. The van der Waals surface area contributed by atoms with E-state index in [0.29, 0.717) is 18.8 Å². The smallest absolute Gasteiger partial charge is 0.397 e. The molecule has 0 aliphatic heterocycles. The molecule has 0 fully saturated rings. The molecule has 0 unspecified atom stereocenters. The molecule has 1 aromatic rings. The highest BCUT2D eigenvalue weighted by molar-refractivity contribution is 5.69. The summed E-state index contributed by atoms with van der Waals surface area (Å²) >= 11 is 0. The lowest BCUT2D eigenvalue weighted by Crippen LogP contribution is -2.37. The first-order valence-electron chi connectivity index (χ1n) is 7.07. The van der Waals surface area contributed by atoms with Gasteiger partial charge >= 0.3 is 6.18 Å². The molecular weight excluding hydrogens is 281 g/mol. The monoisotopic (exact) mass is 304 g/mol. The summed E-state index contributed by atoms with van der Waals surface area (Å²) in [6.07, 6.45) is -2.60. The highest BCUT2D eigenvalue weighted by Crippen LogP contribution is 2.35. The number of methoxy groups -OCH3 is 1. The number of ether oxygens (including phenoxy) is 1. The van der Waals surface area contributed by atoms with Crippen molar-refractivity contribution in [3.63, 3.8) is 0 Å². The first kappa shape index (κ1) is 17.6. The van der Waals surface area contributed by atoms with E-state index in [0.717, 1.165) is 25.0 Å². The first-order valence-corrected chi connectivity index (χ1v) is 7.07. The van der Waals surface area contributed by atoms with Crippen molar-refractivity contribution in [3.8, 4) is 0 Å². The van der Waals surface area contributed by atoms with Crippen molar-refractivity contribution in [2.75, 3.05) is 30.9 Å². The minimum atomic E-state index is -4.38. The van der Waals surface area contributed by atoms with Gasteiger partial charge in [-0.05, 0) is 31.0 Å². The molecule has 0 amide bonds. The maximum atomic E-state index is 12.7. The van der Waals surface area contributed by atoms with E-state index in [9.17, 15) is 13.2 Å². The summed E-state index contributed by atoms with van der Waals surface area (Å²) in [6, 6.07) is 3.75. The molecule has 0 atom stereocenters. The fraction of sp³-hybridized carbons (Fsp3) is 0.600. The van der Waals surface area contributed by atoms with E-state index in [1.54, 1.807) is 7.11 Å². The van der Waals surface area contributed by atoms with E-state index in [2.05, 4.69) is 0 Å². The molecule has 2 N–H and O–H groups in total. The molecule has 0 bridgehead atoms. The van der Waals surface area contributed by atoms with Crippen molar-refractivity contribution in [3.05, 3.63) is 23.8 Å². The number of nitrogens with two attached hydrogens (primary N) is 1. The van der Waals surface area contributed by atoms with E-state index in [1.165, 1.54) is 6.07 Å². The lowest BCUT2D eigenvalue weighted by atomic mass is 10.1. The molecule has 0 aliphatic carbocycles. The maximum Gasteiger partial charge on any atom is 0.416 e. The van der Waals surface area contributed by atoms with E-state index in [4.69, 9.17) is 10.5 Å². The van der Waals surface area contributed by atoms with Crippen molar-refractivity contribution >= 4 is 11.4 Å². The van der Waals surface area contributed by atoms with E-state index < -0.39 is 11.7 Å². The summed E-state index contributed by atoms with van der Waals surface area (Å²) in [7, 11) is 1.60. The summed E-state index contributed by atoms with van der Waals surface area (Å²) in [5.41, 5.74) is 5.91. The molecule has 21 heavy (non-hydrogen) atoms. The lowest BCUT2D eigenvalue weighted by Gasteiger charge is -2.33. The van der Waals surface area contributed by atoms with E-state index in [-0.39, 0.29) is 11.7 Å². The third kappa shape index (κ3) is 4.52. The quantitative estimate of drug-likeness (QED) is 0.776. The van der Waals surface area contributed by atoms with Gasteiger partial charge in [0.1, 0.15) is 0 Å². The van der Waals surface area contributed by atoms with Crippen LogP contribution in [-0.2, 0) is 10.9 Å². The zero-order chi connectivity index (χ0) is 16.0. The zero-order valence-electron chi connectivity index (χ0n) is 12.7. The Labute approximate surface area is 123 Å². The minimum absolute atomic E-state index is 0.146. The third-order valence-corrected chi connectivity index (χ3v) is 3.58. The molecule has 0 heterocycles. The molecule has 6 heteroatoms. The SMILES string of the molecule is CCC(CC)N(CCOC)c1ccc(C(F)(F)F)cc1N. The number of nitrogens with zero attached hydrogens (tertiary/aromatic N) is 1. The average Bonchev–Trinajstić information content (AvgIpc) is 2.43. The summed E-state index contributed by atoms with van der Waals surface area (Å²) in [5, 5.41) is 0. The number of anilines is 2. The minimum Gasteiger partial charge on any atom is -0.397 e. The third-order valence-electron chi connectivity index (χ3n) is 3.58. The van der Waals surface area contributed by atoms with Gasteiger partial charge in [0.25, 0.3) is 0 Å². The number of hydrogen-bond donors (Lipinski definition) is 1. The molecule has 0 radical (unpaired) electrons. The molecule has 3 nitrogen and oxygen atoms in total. The van der Waals surface area contributed by atoms with Gasteiger partial charge in [0.2, 0.25) is 0 Å². The Kier molecular flexibility index (Phi) is 6.33. The van der Waals surface area contributed by atoms with Crippen LogP contribution in [0.15, 0.2) is 18.2 Å². The van der Waals surface area contributed by atoms with Crippen molar-refractivity contribution in [1.29, 1.82) is 0 Å². The van der Waals surface area contributed by atoms with Crippen LogP contribution < -0.4 is 10.6 Å². The van der Waals surface area contributed by atoms with E-state index >= 15 is 0 Å². The highest BCUT2D eigenvalue weighted by atomic mass is 19.4. The molecule has 1 aromatic carbocycles. The van der Waals surface area contributed by atoms with Crippen LogP contribution in [0.3, 0.4) is 0 Å². The fourth-order valence-electron chi connectivity index (χ4n) is 2.41. The standard InChI is InChI=1S/C15H23F3N2O/c1-4-12(5-2)20(8-9-21-3)14-7-6-11(10-13(14)19)15(16,17)18/h6-7,10,12H,4-5,8-9,19H2,1-3H3. The van der Waals surface area contributed by atoms with Crippen LogP contribution in [0.4, 0.5) is 24.5 Å². The molecule has 0 saturated carbocycles. The number of halogens is 3. The zero-order valence-corrected chi connectivity index (χ0v) is 12.7. The number of alkyl halides is 3. The Morgan fingerprint density at radius 3 is 2.29 bits per heavy atom. The molecule has 0 aromatic heterocycles. The predicted octanol–water partition coefficient (Wildman–Crippen LogP) is 3.93. The van der Waals surface area contributed by atoms with Crippen LogP contribution in [0.1, 0.15) is 32.3 Å². The van der Waals surface area contributed by atoms with Gasteiger partial charge in [0.05, 0.1) is 23.5 Å². The Bertz CT molecular complexity index is 445. The van der Waals surface area contributed by atoms with Gasteiger partial charge in [0, 0.05) is 19.7 Å². The maximum absolute atomic E-state index is 12.7. The molecule has 1 rings (SSSR count).